The molecule has 1 fully saturated rings. The number of halogens is 1. The molecule has 1 amide bonds. The number of carbonyl (C=O) groups excluding carboxylic acids is 1. The topological polar surface area (TPSA) is 59.6 Å². The molecule has 0 radical (unpaired) electrons. The van der Waals surface area contributed by atoms with Crippen LogP contribution in [0.4, 0.5) is 0 Å². The minimum Gasteiger partial charge on any atom is -0.493 e. The highest BCUT2D eigenvalue weighted by molar-refractivity contribution is 6.30. The second-order valence-electron chi connectivity index (χ2n) is 4.99. The summed E-state index contributed by atoms with van der Waals surface area (Å²) in [5.74, 6) is 0.955. The van der Waals surface area contributed by atoms with Crippen molar-refractivity contribution in [1.82, 2.24) is 10.6 Å². The van der Waals surface area contributed by atoms with Gasteiger partial charge in [-0.2, -0.15) is 0 Å². The van der Waals surface area contributed by atoms with E-state index in [2.05, 4.69) is 10.6 Å². The van der Waals surface area contributed by atoms with E-state index in [0.29, 0.717) is 35.7 Å². The zero-order valence-corrected chi connectivity index (χ0v) is 13.1. The van der Waals surface area contributed by atoms with Crippen molar-refractivity contribution in [2.24, 2.45) is 0 Å². The monoisotopic (exact) mass is 312 g/mol. The molecule has 5 nitrogen and oxygen atoms in total. The molecule has 21 heavy (non-hydrogen) atoms. The van der Waals surface area contributed by atoms with Crippen LogP contribution in [0.5, 0.6) is 11.5 Å². The van der Waals surface area contributed by atoms with Gasteiger partial charge in [-0.15, -0.1) is 0 Å². The van der Waals surface area contributed by atoms with Gasteiger partial charge in [0.1, 0.15) is 0 Å². The van der Waals surface area contributed by atoms with Gasteiger partial charge in [-0.1, -0.05) is 11.6 Å². The van der Waals surface area contributed by atoms with Crippen LogP contribution in [0.2, 0.25) is 5.02 Å². The lowest BCUT2D eigenvalue weighted by molar-refractivity contribution is -0.123. The fourth-order valence-electron chi connectivity index (χ4n) is 2.00. The summed E-state index contributed by atoms with van der Waals surface area (Å²) >= 11 is 6.10. The Morgan fingerprint density at radius 3 is 2.81 bits per heavy atom. The molecule has 1 aromatic carbocycles. The largest absolute Gasteiger partial charge is 0.493 e. The summed E-state index contributed by atoms with van der Waals surface area (Å²) in [7, 11) is 1.56. The van der Waals surface area contributed by atoms with Crippen molar-refractivity contribution < 1.29 is 14.3 Å². The predicted molar refractivity (Wildman–Crippen MR) is 82.0 cm³/mol. The maximum Gasteiger partial charge on any atom is 0.257 e. The van der Waals surface area contributed by atoms with E-state index < -0.39 is 0 Å². The zero-order chi connectivity index (χ0) is 15.2. The van der Waals surface area contributed by atoms with E-state index in [-0.39, 0.29) is 12.5 Å². The molecular weight excluding hydrogens is 292 g/mol. The van der Waals surface area contributed by atoms with E-state index >= 15 is 0 Å². The molecule has 116 valence electrons. The highest BCUT2D eigenvalue weighted by Gasteiger charge is 2.22. The molecule has 1 saturated carbocycles. The normalized spacial score (nSPS) is 13.9. The van der Waals surface area contributed by atoms with Crippen LogP contribution in [0.3, 0.4) is 0 Å². The molecule has 2 N–H and O–H groups in total. The van der Waals surface area contributed by atoms with Crippen LogP contribution in [0.25, 0.3) is 0 Å². The minimum atomic E-state index is -0.157. The third-order valence-electron chi connectivity index (χ3n) is 3.20. The number of nitrogens with one attached hydrogen (secondary N) is 2. The van der Waals surface area contributed by atoms with Crippen molar-refractivity contribution in [1.29, 1.82) is 0 Å². The molecule has 0 unspecified atom stereocenters. The van der Waals surface area contributed by atoms with Crippen molar-refractivity contribution in [3.05, 3.63) is 22.7 Å². The van der Waals surface area contributed by atoms with Gasteiger partial charge in [0, 0.05) is 35.8 Å². The number of hydrogen-bond donors (Lipinski definition) is 2. The second kappa shape index (κ2) is 7.52. The second-order valence-corrected chi connectivity index (χ2v) is 5.43. The van der Waals surface area contributed by atoms with Gasteiger partial charge in [0.05, 0.1) is 7.11 Å². The maximum absolute atomic E-state index is 11.6. The SMILES string of the molecule is CCNC(=O)COc1c(CNC2CC2)cc(Cl)cc1OC. The van der Waals surface area contributed by atoms with E-state index in [4.69, 9.17) is 21.1 Å². The zero-order valence-electron chi connectivity index (χ0n) is 12.4. The quantitative estimate of drug-likeness (QED) is 0.772. The van der Waals surface area contributed by atoms with Crippen LogP contribution in [0.15, 0.2) is 12.1 Å². The Bertz CT molecular complexity index is 504. The molecule has 2 rings (SSSR count). The van der Waals surface area contributed by atoms with Crippen molar-refractivity contribution >= 4 is 17.5 Å². The highest BCUT2D eigenvalue weighted by atomic mass is 35.5. The summed E-state index contributed by atoms with van der Waals surface area (Å²) in [6, 6.07) is 4.10. The molecule has 1 aromatic rings. The molecule has 6 heteroatoms. The smallest absolute Gasteiger partial charge is 0.257 e. The van der Waals surface area contributed by atoms with Gasteiger partial charge in [-0.25, -0.2) is 0 Å². The summed E-state index contributed by atoms with van der Waals surface area (Å²) < 4.78 is 11.0. The predicted octanol–water partition coefficient (Wildman–Crippen LogP) is 2.12. The minimum absolute atomic E-state index is 0.0394. The first kappa shape index (κ1) is 15.9. The number of carbonyl (C=O) groups is 1. The number of benzene rings is 1. The van der Waals surface area contributed by atoms with Gasteiger partial charge < -0.3 is 20.1 Å². The molecule has 0 saturated heterocycles. The van der Waals surface area contributed by atoms with Crippen molar-refractivity contribution in [3.8, 4) is 11.5 Å². The summed E-state index contributed by atoms with van der Waals surface area (Å²) in [5, 5.41) is 6.70. The van der Waals surface area contributed by atoms with Gasteiger partial charge in [-0.05, 0) is 25.8 Å². The summed E-state index contributed by atoms with van der Waals surface area (Å²) in [6.45, 7) is 3.05. The average Bonchev–Trinajstić information content (AvgIpc) is 3.27. The Morgan fingerprint density at radius 1 is 1.43 bits per heavy atom. The Balaban J connectivity index is 2.11. The van der Waals surface area contributed by atoms with Gasteiger partial charge in [0.15, 0.2) is 18.1 Å². The van der Waals surface area contributed by atoms with E-state index in [9.17, 15) is 4.79 Å². The first-order chi connectivity index (χ1) is 10.1. The standard InChI is InChI=1S/C15H21ClN2O3/c1-3-17-14(19)9-21-15-10(8-18-12-4-5-12)6-11(16)7-13(15)20-2/h6-7,12,18H,3-5,8-9H2,1-2H3,(H,17,19). The molecule has 1 aliphatic carbocycles. The lowest BCUT2D eigenvalue weighted by Gasteiger charge is -2.16. The molecular formula is C15H21ClN2O3. The van der Waals surface area contributed by atoms with Crippen molar-refractivity contribution in [2.45, 2.75) is 32.4 Å². The third kappa shape index (κ3) is 4.79. The number of ether oxygens (including phenoxy) is 2. The third-order valence-corrected chi connectivity index (χ3v) is 3.41. The van der Waals surface area contributed by atoms with Crippen molar-refractivity contribution in [2.75, 3.05) is 20.3 Å². The van der Waals surface area contributed by atoms with Crippen molar-refractivity contribution in [3.63, 3.8) is 0 Å². The van der Waals surface area contributed by atoms with E-state index in [1.165, 1.54) is 12.8 Å². The Labute approximate surface area is 130 Å². The number of amides is 1. The van der Waals surface area contributed by atoms with E-state index in [1.54, 1.807) is 13.2 Å². The Hall–Kier alpha value is -1.46. The molecule has 0 aromatic heterocycles. The molecule has 0 bridgehead atoms. The number of hydrogen-bond acceptors (Lipinski definition) is 4. The fourth-order valence-corrected chi connectivity index (χ4v) is 2.23. The molecule has 0 aliphatic heterocycles. The Morgan fingerprint density at radius 2 is 2.19 bits per heavy atom. The van der Waals surface area contributed by atoms with Crippen LogP contribution in [0, 0.1) is 0 Å². The first-order valence-corrected chi connectivity index (χ1v) is 7.51. The van der Waals surface area contributed by atoms with E-state index in [1.807, 2.05) is 13.0 Å². The molecule has 0 spiro atoms. The van der Waals surface area contributed by atoms with Crippen LogP contribution in [0.1, 0.15) is 25.3 Å². The summed E-state index contributed by atoms with van der Waals surface area (Å²) in [6.07, 6.45) is 2.40. The van der Waals surface area contributed by atoms with Gasteiger partial charge in [-0.3, -0.25) is 4.79 Å². The van der Waals surface area contributed by atoms with Crippen LogP contribution in [-0.2, 0) is 11.3 Å². The first-order valence-electron chi connectivity index (χ1n) is 7.13. The highest BCUT2D eigenvalue weighted by Crippen LogP contribution is 2.35. The number of methoxy groups -OCH3 is 1. The van der Waals surface area contributed by atoms with Gasteiger partial charge in [0.25, 0.3) is 5.91 Å². The van der Waals surface area contributed by atoms with Crippen LogP contribution >= 0.6 is 11.6 Å². The van der Waals surface area contributed by atoms with Crippen LogP contribution in [-0.4, -0.2) is 32.2 Å². The van der Waals surface area contributed by atoms with Crippen LogP contribution < -0.4 is 20.1 Å². The van der Waals surface area contributed by atoms with Gasteiger partial charge in [0.2, 0.25) is 0 Å². The molecule has 1 aliphatic rings. The lowest BCUT2D eigenvalue weighted by Crippen LogP contribution is -2.28. The maximum atomic E-state index is 11.6. The van der Waals surface area contributed by atoms with Gasteiger partial charge >= 0.3 is 0 Å². The number of rotatable bonds is 8. The average molecular weight is 313 g/mol. The number of likely N-dealkylation sites (N-methyl/N-ethyl adjacent to an activating group) is 1. The summed E-state index contributed by atoms with van der Waals surface area (Å²) in [4.78, 5) is 11.6. The van der Waals surface area contributed by atoms with E-state index in [0.717, 1.165) is 5.56 Å². The Kier molecular flexibility index (Phi) is 5.70. The molecule has 0 atom stereocenters. The molecule has 0 heterocycles. The lowest BCUT2D eigenvalue weighted by atomic mass is 10.1. The fraction of sp³-hybridized carbons (Fsp3) is 0.533. The summed E-state index contributed by atoms with van der Waals surface area (Å²) in [5.41, 5.74) is 0.899.